The van der Waals surface area contributed by atoms with Crippen LogP contribution in [0.25, 0.3) is 11.0 Å². The fraction of sp³-hybridized carbons (Fsp3) is 0.350. The van der Waals surface area contributed by atoms with Crippen LogP contribution in [0.15, 0.2) is 48.5 Å². The highest BCUT2D eigenvalue weighted by Crippen LogP contribution is 2.23. The van der Waals surface area contributed by atoms with Gasteiger partial charge >= 0.3 is 0 Å². The largest absolute Gasteiger partial charge is 0.339 e. The monoisotopic (exact) mass is 334 g/mol. The van der Waals surface area contributed by atoms with Crippen molar-refractivity contribution < 1.29 is 4.79 Å². The van der Waals surface area contributed by atoms with Crippen LogP contribution in [0.1, 0.15) is 28.8 Å². The Bertz CT molecular complexity index is 879. The second-order valence-corrected chi connectivity index (χ2v) is 6.84. The molecule has 5 nitrogen and oxygen atoms in total. The predicted octanol–water partition coefficient (Wildman–Crippen LogP) is 3.06. The van der Waals surface area contributed by atoms with Gasteiger partial charge in [0.15, 0.2) is 0 Å². The molecular formula is C20H22N4O. The Morgan fingerprint density at radius 2 is 1.88 bits per heavy atom. The minimum absolute atomic E-state index is 0.103. The van der Waals surface area contributed by atoms with Gasteiger partial charge in [-0.1, -0.05) is 35.5 Å². The molecule has 1 saturated heterocycles. The average molecular weight is 334 g/mol. The van der Waals surface area contributed by atoms with Crippen LogP contribution < -0.4 is 0 Å². The summed E-state index contributed by atoms with van der Waals surface area (Å²) in [6.07, 6.45) is 3.23. The fourth-order valence-electron chi connectivity index (χ4n) is 3.64. The molecule has 0 aliphatic carbocycles. The van der Waals surface area contributed by atoms with Crippen molar-refractivity contribution in [2.24, 2.45) is 13.0 Å². The molecule has 128 valence electrons. The number of carbonyl (C=O) groups is 1. The number of hydrogen-bond donors (Lipinski definition) is 0. The molecule has 1 aliphatic rings. The Morgan fingerprint density at radius 3 is 2.64 bits per heavy atom. The molecule has 0 unspecified atom stereocenters. The maximum atomic E-state index is 12.8. The molecule has 1 aliphatic heterocycles. The van der Waals surface area contributed by atoms with Gasteiger partial charge in [0.1, 0.15) is 5.52 Å². The molecule has 2 aromatic carbocycles. The van der Waals surface area contributed by atoms with E-state index in [1.54, 1.807) is 4.68 Å². The molecule has 0 bridgehead atoms. The molecule has 5 heteroatoms. The number of benzene rings is 2. The van der Waals surface area contributed by atoms with E-state index in [0.717, 1.165) is 43.4 Å². The van der Waals surface area contributed by atoms with Crippen molar-refractivity contribution in [1.82, 2.24) is 19.9 Å². The number of nitrogens with zero attached hydrogens (tertiary/aromatic N) is 4. The molecule has 1 aromatic heterocycles. The van der Waals surface area contributed by atoms with Crippen LogP contribution in [0.4, 0.5) is 0 Å². The first kappa shape index (κ1) is 15.8. The summed E-state index contributed by atoms with van der Waals surface area (Å²) in [5.41, 5.74) is 3.81. The minimum Gasteiger partial charge on any atom is -0.339 e. The first-order valence-electron chi connectivity index (χ1n) is 8.83. The third kappa shape index (κ3) is 3.27. The minimum atomic E-state index is 0.103. The molecule has 3 aromatic rings. The summed E-state index contributed by atoms with van der Waals surface area (Å²) in [6, 6.07) is 16.3. The van der Waals surface area contributed by atoms with Gasteiger partial charge in [-0.2, -0.15) is 0 Å². The Hall–Kier alpha value is -2.69. The zero-order valence-electron chi connectivity index (χ0n) is 14.4. The van der Waals surface area contributed by atoms with Crippen molar-refractivity contribution >= 4 is 16.9 Å². The van der Waals surface area contributed by atoms with Gasteiger partial charge in [0, 0.05) is 25.7 Å². The quantitative estimate of drug-likeness (QED) is 0.740. The molecule has 25 heavy (non-hydrogen) atoms. The number of likely N-dealkylation sites (tertiary alicyclic amines) is 1. The lowest BCUT2D eigenvalue weighted by Gasteiger charge is -2.32. The van der Waals surface area contributed by atoms with Gasteiger partial charge in [0.2, 0.25) is 0 Å². The van der Waals surface area contributed by atoms with Crippen LogP contribution >= 0.6 is 0 Å². The number of fused-ring (bicyclic) bond motifs is 1. The highest BCUT2D eigenvalue weighted by atomic mass is 16.2. The van der Waals surface area contributed by atoms with Crippen LogP contribution in [0.5, 0.6) is 0 Å². The van der Waals surface area contributed by atoms with E-state index in [4.69, 9.17) is 0 Å². The standard InChI is InChI=1S/C20H22N4O/c1-23-19-8-7-17(14-18(19)21-22-23)20(25)24-11-9-16(10-12-24)13-15-5-3-2-4-6-15/h2-8,14,16H,9-13H2,1H3. The van der Waals surface area contributed by atoms with Crippen molar-refractivity contribution in [2.75, 3.05) is 13.1 Å². The van der Waals surface area contributed by atoms with Crippen LogP contribution in [-0.2, 0) is 13.5 Å². The number of piperidine rings is 1. The second-order valence-electron chi connectivity index (χ2n) is 6.84. The van der Waals surface area contributed by atoms with E-state index in [2.05, 4.69) is 40.6 Å². The average Bonchev–Trinajstić information content (AvgIpc) is 3.03. The SMILES string of the molecule is Cn1nnc2cc(C(=O)N3CCC(Cc4ccccc4)CC3)ccc21. The Morgan fingerprint density at radius 1 is 1.12 bits per heavy atom. The number of aromatic nitrogens is 3. The van der Waals surface area contributed by atoms with E-state index in [9.17, 15) is 4.79 Å². The lowest BCUT2D eigenvalue weighted by Crippen LogP contribution is -2.38. The normalized spacial score (nSPS) is 15.6. The number of carbonyl (C=O) groups excluding carboxylic acids is 1. The van der Waals surface area contributed by atoms with Crippen molar-refractivity contribution in [3.8, 4) is 0 Å². The molecule has 0 saturated carbocycles. The van der Waals surface area contributed by atoms with Gasteiger partial charge in [0.05, 0.1) is 5.52 Å². The molecule has 2 heterocycles. The molecule has 0 radical (unpaired) electrons. The van der Waals surface area contributed by atoms with Crippen molar-refractivity contribution in [2.45, 2.75) is 19.3 Å². The second kappa shape index (κ2) is 6.67. The highest BCUT2D eigenvalue weighted by molar-refractivity contribution is 5.97. The van der Waals surface area contributed by atoms with E-state index in [1.165, 1.54) is 5.56 Å². The van der Waals surface area contributed by atoms with E-state index in [1.807, 2.05) is 30.1 Å². The molecular weight excluding hydrogens is 312 g/mol. The predicted molar refractivity (Wildman–Crippen MR) is 97.3 cm³/mol. The molecule has 0 atom stereocenters. The van der Waals surface area contributed by atoms with Crippen LogP contribution in [0.2, 0.25) is 0 Å². The van der Waals surface area contributed by atoms with E-state index in [-0.39, 0.29) is 5.91 Å². The van der Waals surface area contributed by atoms with Crippen molar-refractivity contribution in [1.29, 1.82) is 0 Å². The third-order valence-corrected chi connectivity index (χ3v) is 5.13. The maximum absolute atomic E-state index is 12.8. The molecule has 4 rings (SSSR count). The molecule has 1 fully saturated rings. The Labute approximate surface area is 147 Å². The lowest BCUT2D eigenvalue weighted by atomic mass is 9.90. The summed E-state index contributed by atoms with van der Waals surface area (Å²) in [6.45, 7) is 1.66. The van der Waals surface area contributed by atoms with Gasteiger partial charge in [-0.05, 0) is 48.9 Å². The van der Waals surface area contributed by atoms with Crippen LogP contribution in [0, 0.1) is 5.92 Å². The highest BCUT2D eigenvalue weighted by Gasteiger charge is 2.24. The van der Waals surface area contributed by atoms with Crippen LogP contribution in [0.3, 0.4) is 0 Å². The van der Waals surface area contributed by atoms with Gasteiger partial charge in [-0.25, -0.2) is 4.68 Å². The van der Waals surface area contributed by atoms with Gasteiger partial charge in [0.25, 0.3) is 5.91 Å². The maximum Gasteiger partial charge on any atom is 0.253 e. The molecule has 1 amide bonds. The fourth-order valence-corrected chi connectivity index (χ4v) is 3.64. The summed E-state index contributed by atoms with van der Waals surface area (Å²) in [7, 11) is 1.86. The summed E-state index contributed by atoms with van der Waals surface area (Å²) >= 11 is 0. The number of amides is 1. The van der Waals surface area contributed by atoms with E-state index >= 15 is 0 Å². The number of aryl methyl sites for hydroxylation is 1. The summed E-state index contributed by atoms with van der Waals surface area (Å²) < 4.78 is 1.72. The van der Waals surface area contributed by atoms with Crippen molar-refractivity contribution in [3.63, 3.8) is 0 Å². The molecule has 0 N–H and O–H groups in total. The zero-order valence-corrected chi connectivity index (χ0v) is 14.4. The van der Waals surface area contributed by atoms with E-state index in [0.29, 0.717) is 11.5 Å². The first-order valence-corrected chi connectivity index (χ1v) is 8.83. The molecule has 0 spiro atoms. The first-order chi connectivity index (χ1) is 12.2. The Kier molecular flexibility index (Phi) is 4.22. The Balaban J connectivity index is 1.40. The van der Waals surface area contributed by atoms with Crippen LogP contribution in [-0.4, -0.2) is 38.9 Å². The summed E-state index contributed by atoms with van der Waals surface area (Å²) in [4.78, 5) is 14.8. The smallest absolute Gasteiger partial charge is 0.253 e. The number of rotatable bonds is 3. The zero-order chi connectivity index (χ0) is 17.2. The van der Waals surface area contributed by atoms with Crippen molar-refractivity contribution in [3.05, 3.63) is 59.7 Å². The lowest BCUT2D eigenvalue weighted by molar-refractivity contribution is 0.0690. The van der Waals surface area contributed by atoms with Gasteiger partial charge < -0.3 is 4.90 Å². The number of hydrogen-bond acceptors (Lipinski definition) is 3. The summed E-state index contributed by atoms with van der Waals surface area (Å²) in [5.74, 6) is 0.764. The third-order valence-electron chi connectivity index (χ3n) is 5.13. The topological polar surface area (TPSA) is 51.0 Å². The van der Waals surface area contributed by atoms with Gasteiger partial charge in [-0.3, -0.25) is 4.79 Å². The van der Waals surface area contributed by atoms with Gasteiger partial charge in [-0.15, -0.1) is 5.10 Å². The summed E-state index contributed by atoms with van der Waals surface area (Å²) in [5, 5.41) is 8.11. The van der Waals surface area contributed by atoms with E-state index < -0.39 is 0 Å².